The van der Waals surface area contributed by atoms with E-state index in [0.29, 0.717) is 47.4 Å². The van der Waals surface area contributed by atoms with Crippen molar-refractivity contribution < 1.29 is 9.53 Å². The number of carbonyl (C=O) groups excluding carboxylic acids is 1. The van der Waals surface area contributed by atoms with Crippen LogP contribution >= 0.6 is 12.2 Å². The number of ether oxygens (including phenoxy) is 1. The average Bonchev–Trinajstić information content (AvgIpc) is 2.57. The van der Waals surface area contributed by atoms with E-state index in [9.17, 15) is 9.59 Å². The summed E-state index contributed by atoms with van der Waals surface area (Å²) < 4.78 is 6.89. The van der Waals surface area contributed by atoms with E-state index in [1.165, 1.54) is 4.57 Å². The zero-order chi connectivity index (χ0) is 17.5. The van der Waals surface area contributed by atoms with Gasteiger partial charge in [0.1, 0.15) is 0 Å². The third-order valence-corrected chi connectivity index (χ3v) is 4.11. The van der Waals surface area contributed by atoms with Crippen LogP contribution in [0.3, 0.4) is 0 Å². The van der Waals surface area contributed by atoms with Gasteiger partial charge in [0.2, 0.25) is 0 Å². The number of benzene rings is 1. The Labute approximate surface area is 145 Å². The highest BCUT2D eigenvalue weighted by atomic mass is 32.1. The van der Waals surface area contributed by atoms with E-state index >= 15 is 0 Å². The third kappa shape index (κ3) is 4.30. The largest absolute Gasteiger partial charge is 0.385 e. The van der Waals surface area contributed by atoms with Gasteiger partial charge >= 0.3 is 0 Å². The highest BCUT2D eigenvalue weighted by Crippen LogP contribution is 2.11. The Morgan fingerprint density at radius 3 is 2.88 bits per heavy atom. The van der Waals surface area contributed by atoms with Crippen molar-refractivity contribution in [3.63, 3.8) is 0 Å². The van der Waals surface area contributed by atoms with Gasteiger partial charge in [-0.1, -0.05) is 13.3 Å². The first-order valence-corrected chi connectivity index (χ1v) is 8.53. The first-order chi connectivity index (χ1) is 11.6. The number of carbonyl (C=O) groups is 1. The third-order valence-electron chi connectivity index (χ3n) is 3.79. The molecule has 0 fully saturated rings. The summed E-state index contributed by atoms with van der Waals surface area (Å²) in [6.45, 7) is 3.78. The van der Waals surface area contributed by atoms with Crippen LogP contribution in [0.2, 0.25) is 0 Å². The van der Waals surface area contributed by atoms with E-state index in [-0.39, 0.29) is 11.5 Å². The van der Waals surface area contributed by atoms with E-state index in [0.717, 1.165) is 12.8 Å². The van der Waals surface area contributed by atoms with Crippen LogP contribution in [0.1, 0.15) is 36.5 Å². The molecular weight excluding hydrogens is 326 g/mol. The van der Waals surface area contributed by atoms with Crippen molar-refractivity contribution in [2.45, 2.75) is 32.7 Å². The number of methoxy groups -OCH3 is 1. The lowest BCUT2D eigenvalue weighted by Crippen LogP contribution is -2.25. The Bertz CT molecular complexity index is 826. The molecule has 2 N–H and O–H groups in total. The molecule has 7 heteroatoms. The number of nitrogens with one attached hydrogen (secondary N) is 2. The fourth-order valence-electron chi connectivity index (χ4n) is 2.45. The minimum Gasteiger partial charge on any atom is -0.385 e. The summed E-state index contributed by atoms with van der Waals surface area (Å²) in [6, 6.07) is 5.01. The maximum absolute atomic E-state index is 12.6. The molecule has 0 saturated heterocycles. The molecule has 0 atom stereocenters. The number of hydrogen-bond donors (Lipinski definition) is 2. The Hall–Kier alpha value is -1.99. The van der Waals surface area contributed by atoms with Crippen LogP contribution in [0, 0.1) is 4.77 Å². The summed E-state index contributed by atoms with van der Waals surface area (Å²) in [5.74, 6) is -0.144. The molecule has 2 aromatic rings. The van der Waals surface area contributed by atoms with Gasteiger partial charge in [0, 0.05) is 32.4 Å². The second kappa shape index (κ2) is 8.75. The maximum Gasteiger partial charge on any atom is 0.262 e. The second-order valence-electron chi connectivity index (χ2n) is 5.60. The van der Waals surface area contributed by atoms with Crippen molar-refractivity contribution in [2.24, 2.45) is 0 Å². The summed E-state index contributed by atoms with van der Waals surface area (Å²) in [4.78, 5) is 27.7. The Kier molecular flexibility index (Phi) is 6.69. The summed E-state index contributed by atoms with van der Waals surface area (Å²) in [5, 5.41) is 3.38. The van der Waals surface area contributed by atoms with Gasteiger partial charge in [-0.3, -0.25) is 14.2 Å². The normalized spacial score (nSPS) is 10.9. The highest BCUT2D eigenvalue weighted by molar-refractivity contribution is 7.71. The minimum absolute atomic E-state index is 0.144. The Balaban J connectivity index is 2.31. The topological polar surface area (TPSA) is 76.1 Å². The molecule has 1 amide bonds. The van der Waals surface area contributed by atoms with E-state index in [2.05, 4.69) is 17.2 Å². The molecule has 0 radical (unpaired) electrons. The molecule has 0 aliphatic rings. The lowest BCUT2D eigenvalue weighted by atomic mass is 10.1. The zero-order valence-electron chi connectivity index (χ0n) is 14.1. The fraction of sp³-hybridized carbons (Fsp3) is 0.471. The van der Waals surface area contributed by atoms with Gasteiger partial charge in [-0.15, -0.1) is 0 Å². The Morgan fingerprint density at radius 1 is 1.38 bits per heavy atom. The molecule has 0 bridgehead atoms. The summed E-state index contributed by atoms with van der Waals surface area (Å²) in [5.41, 5.74) is 0.944. The van der Waals surface area contributed by atoms with Gasteiger partial charge in [-0.05, 0) is 43.3 Å². The van der Waals surface area contributed by atoms with Gasteiger partial charge in [-0.25, -0.2) is 0 Å². The summed E-state index contributed by atoms with van der Waals surface area (Å²) >= 11 is 5.28. The molecule has 0 saturated carbocycles. The second-order valence-corrected chi connectivity index (χ2v) is 5.99. The molecule has 2 rings (SSSR count). The standard InChI is InChI=1S/C17H23N3O3S/c1-3-4-8-18-15(21)12-6-7-13-14(11-12)19-17(24)20(16(13)22)9-5-10-23-2/h6-7,11H,3-5,8-10H2,1-2H3,(H,18,21)(H,19,24). The van der Waals surface area contributed by atoms with Crippen LogP contribution in [0.15, 0.2) is 23.0 Å². The number of rotatable bonds is 8. The molecule has 130 valence electrons. The van der Waals surface area contributed by atoms with Crippen LogP contribution in [0.5, 0.6) is 0 Å². The fourth-order valence-corrected chi connectivity index (χ4v) is 2.73. The Morgan fingerprint density at radius 2 is 2.17 bits per heavy atom. The predicted octanol–water partition coefficient (Wildman–Crippen LogP) is 2.63. The van der Waals surface area contributed by atoms with Crippen molar-refractivity contribution in [2.75, 3.05) is 20.3 Å². The van der Waals surface area contributed by atoms with Crippen molar-refractivity contribution in [3.8, 4) is 0 Å². The first kappa shape index (κ1) is 18.4. The summed E-state index contributed by atoms with van der Waals surface area (Å²) in [6.07, 6.45) is 2.67. The molecule has 1 aromatic carbocycles. The summed E-state index contributed by atoms with van der Waals surface area (Å²) in [7, 11) is 1.62. The molecular formula is C17H23N3O3S. The molecule has 1 aromatic heterocycles. The van der Waals surface area contributed by atoms with Gasteiger partial charge in [0.05, 0.1) is 10.9 Å². The molecule has 0 spiro atoms. The van der Waals surface area contributed by atoms with E-state index in [4.69, 9.17) is 17.0 Å². The number of fused-ring (bicyclic) bond motifs is 1. The van der Waals surface area contributed by atoms with Crippen molar-refractivity contribution in [1.82, 2.24) is 14.9 Å². The van der Waals surface area contributed by atoms with E-state index < -0.39 is 0 Å². The van der Waals surface area contributed by atoms with Crippen LogP contribution < -0.4 is 10.9 Å². The number of unbranched alkanes of at least 4 members (excludes halogenated alkanes) is 1. The van der Waals surface area contributed by atoms with Crippen LogP contribution in [-0.2, 0) is 11.3 Å². The molecule has 0 aliphatic carbocycles. The molecule has 1 heterocycles. The van der Waals surface area contributed by atoms with Gasteiger partial charge in [-0.2, -0.15) is 0 Å². The molecule has 24 heavy (non-hydrogen) atoms. The lowest BCUT2D eigenvalue weighted by molar-refractivity contribution is 0.0953. The smallest absolute Gasteiger partial charge is 0.262 e. The van der Waals surface area contributed by atoms with Crippen LogP contribution in [-0.4, -0.2) is 35.7 Å². The van der Waals surface area contributed by atoms with Crippen LogP contribution in [0.25, 0.3) is 10.9 Å². The van der Waals surface area contributed by atoms with Crippen LogP contribution in [0.4, 0.5) is 0 Å². The molecule has 6 nitrogen and oxygen atoms in total. The van der Waals surface area contributed by atoms with E-state index in [1.807, 2.05) is 0 Å². The van der Waals surface area contributed by atoms with Crippen molar-refractivity contribution in [1.29, 1.82) is 0 Å². The quantitative estimate of drug-likeness (QED) is 0.567. The predicted molar refractivity (Wildman–Crippen MR) is 97.1 cm³/mol. The molecule has 0 aliphatic heterocycles. The minimum atomic E-state index is -0.150. The van der Waals surface area contributed by atoms with E-state index in [1.54, 1.807) is 25.3 Å². The van der Waals surface area contributed by atoms with Gasteiger partial charge in [0.25, 0.3) is 11.5 Å². The number of hydrogen-bond acceptors (Lipinski definition) is 4. The average molecular weight is 349 g/mol. The lowest BCUT2D eigenvalue weighted by Gasteiger charge is -2.09. The number of H-pyrrole nitrogens is 1. The number of nitrogens with zero attached hydrogens (tertiary/aromatic N) is 1. The number of aromatic nitrogens is 2. The SMILES string of the molecule is CCCCNC(=O)c1ccc2c(=O)n(CCCOC)c(=S)[nH]c2c1. The highest BCUT2D eigenvalue weighted by Gasteiger charge is 2.10. The van der Waals surface area contributed by atoms with Gasteiger partial charge in [0.15, 0.2) is 4.77 Å². The maximum atomic E-state index is 12.6. The monoisotopic (exact) mass is 349 g/mol. The zero-order valence-corrected chi connectivity index (χ0v) is 14.9. The number of aromatic amines is 1. The van der Waals surface area contributed by atoms with Gasteiger partial charge < -0.3 is 15.0 Å². The molecule has 0 unspecified atom stereocenters. The first-order valence-electron chi connectivity index (χ1n) is 8.12. The number of amides is 1. The van der Waals surface area contributed by atoms with Crippen molar-refractivity contribution in [3.05, 3.63) is 38.9 Å². The van der Waals surface area contributed by atoms with Crippen molar-refractivity contribution >= 4 is 29.0 Å².